The van der Waals surface area contributed by atoms with Crippen LogP contribution in [0.4, 0.5) is 0 Å². The van der Waals surface area contributed by atoms with Crippen LogP contribution in [0.25, 0.3) is 0 Å². The first-order valence-electron chi connectivity index (χ1n) is 6.13. The molecule has 3 N–H and O–H groups in total. The van der Waals surface area contributed by atoms with E-state index < -0.39 is 0 Å². The van der Waals surface area contributed by atoms with E-state index >= 15 is 0 Å². The Bertz CT molecular complexity index is 247. The van der Waals surface area contributed by atoms with Crippen molar-refractivity contribution in [3.8, 4) is 0 Å². The second-order valence-corrected chi connectivity index (χ2v) is 5.00. The number of nitrogens with one attached hydrogen (secondary N) is 3. The van der Waals surface area contributed by atoms with Crippen molar-refractivity contribution in [1.82, 2.24) is 16.0 Å². The molecule has 0 unspecified atom stereocenters. The fourth-order valence-corrected chi connectivity index (χ4v) is 1.30. The Morgan fingerprint density at radius 3 is 2.00 bits per heavy atom. The van der Waals surface area contributed by atoms with Crippen LogP contribution >= 0.6 is 0 Å². The molecule has 0 aliphatic carbocycles. The maximum atomic E-state index is 11.4. The van der Waals surface area contributed by atoms with Crippen molar-refractivity contribution in [3.05, 3.63) is 0 Å². The molecule has 5 heteroatoms. The molecule has 0 fully saturated rings. The normalized spacial score (nSPS) is 11.1. The number of rotatable bonds is 7. The van der Waals surface area contributed by atoms with Crippen LogP contribution in [-0.4, -0.2) is 37.0 Å². The zero-order valence-electron chi connectivity index (χ0n) is 11.4. The lowest BCUT2D eigenvalue weighted by Crippen LogP contribution is -2.41. The fourth-order valence-electron chi connectivity index (χ4n) is 1.30. The molecule has 5 nitrogen and oxygen atoms in total. The molecule has 0 bridgehead atoms. The molecule has 0 saturated carbocycles. The topological polar surface area (TPSA) is 70.2 Å². The minimum Gasteiger partial charge on any atom is -0.356 e. The van der Waals surface area contributed by atoms with E-state index in [1.54, 1.807) is 0 Å². The minimum atomic E-state index is -0.182. The molecule has 2 amide bonds. The lowest BCUT2D eigenvalue weighted by atomic mass is 10.1. The molecule has 0 aromatic carbocycles. The van der Waals surface area contributed by atoms with E-state index in [-0.39, 0.29) is 17.4 Å². The Morgan fingerprint density at radius 2 is 1.53 bits per heavy atom. The highest BCUT2D eigenvalue weighted by molar-refractivity contribution is 5.77. The molecular weight excluding hydrogens is 218 g/mol. The molecule has 0 aromatic rings. The molecule has 0 spiro atoms. The Hall–Kier alpha value is -1.10. The number of hydrogen-bond acceptors (Lipinski definition) is 3. The molecule has 0 radical (unpaired) electrons. The summed E-state index contributed by atoms with van der Waals surface area (Å²) in [5.74, 6) is 0.0714. The minimum absolute atomic E-state index is 0.0306. The molecule has 17 heavy (non-hydrogen) atoms. The predicted molar refractivity (Wildman–Crippen MR) is 68.7 cm³/mol. The van der Waals surface area contributed by atoms with E-state index in [2.05, 4.69) is 16.0 Å². The predicted octanol–water partition coefficient (Wildman–Crippen LogP) is 0.407. The maximum absolute atomic E-state index is 11.4. The van der Waals surface area contributed by atoms with E-state index in [1.807, 2.05) is 27.7 Å². The van der Waals surface area contributed by atoms with Gasteiger partial charge in [-0.2, -0.15) is 0 Å². The Labute approximate surface area is 104 Å². The summed E-state index contributed by atoms with van der Waals surface area (Å²) in [7, 11) is 0. The number of carbonyl (C=O) groups is 2. The molecule has 0 atom stereocenters. The van der Waals surface area contributed by atoms with Gasteiger partial charge in [0.25, 0.3) is 0 Å². The van der Waals surface area contributed by atoms with Gasteiger partial charge in [0.1, 0.15) is 0 Å². The van der Waals surface area contributed by atoms with Crippen LogP contribution in [0.5, 0.6) is 0 Å². The van der Waals surface area contributed by atoms with Crippen molar-refractivity contribution in [2.24, 2.45) is 0 Å². The van der Waals surface area contributed by atoms with Crippen LogP contribution in [0.15, 0.2) is 0 Å². The van der Waals surface area contributed by atoms with Crippen molar-refractivity contribution in [1.29, 1.82) is 0 Å². The number of carbonyl (C=O) groups excluding carboxylic acids is 2. The van der Waals surface area contributed by atoms with E-state index in [1.165, 1.54) is 0 Å². The van der Waals surface area contributed by atoms with E-state index in [0.717, 1.165) is 0 Å². The third kappa shape index (κ3) is 11.2. The molecular formula is C12H25N3O2. The molecule has 0 rings (SSSR count). The van der Waals surface area contributed by atoms with Crippen LogP contribution in [0, 0.1) is 0 Å². The van der Waals surface area contributed by atoms with Gasteiger partial charge in [-0.1, -0.05) is 0 Å². The molecule has 0 aromatic heterocycles. The summed E-state index contributed by atoms with van der Waals surface area (Å²) >= 11 is 0. The Morgan fingerprint density at radius 1 is 1.00 bits per heavy atom. The quantitative estimate of drug-likeness (QED) is 0.567. The van der Waals surface area contributed by atoms with Gasteiger partial charge in [-0.05, 0) is 27.7 Å². The summed E-state index contributed by atoms with van der Waals surface area (Å²) in [4.78, 5) is 22.5. The van der Waals surface area contributed by atoms with Gasteiger partial charge in [0.05, 0.1) is 0 Å². The van der Waals surface area contributed by atoms with Gasteiger partial charge in [-0.25, -0.2) is 0 Å². The third-order valence-electron chi connectivity index (χ3n) is 1.95. The van der Waals surface area contributed by atoms with Crippen molar-refractivity contribution in [3.63, 3.8) is 0 Å². The van der Waals surface area contributed by atoms with Gasteiger partial charge in [-0.3, -0.25) is 9.59 Å². The Balaban J connectivity index is 3.46. The van der Waals surface area contributed by atoms with Crippen LogP contribution in [0.1, 0.15) is 40.5 Å². The Kier molecular flexibility index (Phi) is 7.54. The summed E-state index contributed by atoms with van der Waals surface area (Å²) in [6.45, 7) is 9.61. The highest BCUT2D eigenvalue weighted by Crippen LogP contribution is 1.98. The van der Waals surface area contributed by atoms with E-state index in [0.29, 0.717) is 32.5 Å². The average molecular weight is 243 g/mol. The molecule has 100 valence electrons. The lowest BCUT2D eigenvalue weighted by Gasteiger charge is -2.20. The highest BCUT2D eigenvalue weighted by Gasteiger charge is 2.12. The summed E-state index contributed by atoms with van der Waals surface area (Å²) in [5, 5.41) is 8.67. The maximum Gasteiger partial charge on any atom is 0.221 e. The van der Waals surface area contributed by atoms with Crippen LogP contribution in [-0.2, 0) is 9.59 Å². The largest absolute Gasteiger partial charge is 0.356 e. The zero-order chi connectivity index (χ0) is 13.3. The SMILES string of the molecule is CCNC(=O)CCNCCC(=O)NC(C)(C)C. The zero-order valence-corrected chi connectivity index (χ0v) is 11.4. The molecule has 0 aliphatic rings. The van der Waals surface area contributed by atoms with Crippen molar-refractivity contribution in [2.45, 2.75) is 46.1 Å². The van der Waals surface area contributed by atoms with E-state index in [4.69, 9.17) is 0 Å². The monoisotopic (exact) mass is 243 g/mol. The number of amides is 2. The van der Waals surface area contributed by atoms with Crippen LogP contribution in [0.2, 0.25) is 0 Å². The lowest BCUT2D eigenvalue weighted by molar-refractivity contribution is -0.122. The van der Waals surface area contributed by atoms with Crippen molar-refractivity contribution < 1.29 is 9.59 Å². The summed E-state index contributed by atoms with van der Waals surface area (Å²) < 4.78 is 0. The summed E-state index contributed by atoms with van der Waals surface area (Å²) in [5.41, 5.74) is -0.182. The van der Waals surface area contributed by atoms with Gasteiger partial charge in [0, 0.05) is 38.0 Å². The standard InChI is InChI=1S/C12H25N3O2/c1-5-14-10(16)6-8-13-9-7-11(17)15-12(2,3)4/h13H,5-9H2,1-4H3,(H,14,16)(H,15,17). The first-order chi connectivity index (χ1) is 7.85. The van der Waals surface area contributed by atoms with Gasteiger partial charge in [-0.15, -0.1) is 0 Å². The smallest absolute Gasteiger partial charge is 0.221 e. The number of hydrogen-bond donors (Lipinski definition) is 3. The first-order valence-corrected chi connectivity index (χ1v) is 6.13. The molecule has 0 saturated heterocycles. The average Bonchev–Trinajstić information content (AvgIpc) is 2.14. The van der Waals surface area contributed by atoms with Crippen molar-refractivity contribution in [2.75, 3.05) is 19.6 Å². The second-order valence-electron chi connectivity index (χ2n) is 5.00. The van der Waals surface area contributed by atoms with Gasteiger partial charge in [0.2, 0.25) is 11.8 Å². The van der Waals surface area contributed by atoms with Crippen molar-refractivity contribution >= 4 is 11.8 Å². The van der Waals surface area contributed by atoms with E-state index in [9.17, 15) is 9.59 Å². The third-order valence-corrected chi connectivity index (χ3v) is 1.95. The molecule has 0 aliphatic heterocycles. The van der Waals surface area contributed by atoms with Gasteiger partial charge >= 0.3 is 0 Å². The van der Waals surface area contributed by atoms with Crippen LogP contribution in [0.3, 0.4) is 0 Å². The van der Waals surface area contributed by atoms with Crippen LogP contribution < -0.4 is 16.0 Å². The second kappa shape index (κ2) is 8.06. The van der Waals surface area contributed by atoms with Gasteiger partial charge in [0.15, 0.2) is 0 Å². The molecule has 0 heterocycles. The summed E-state index contributed by atoms with van der Waals surface area (Å²) in [6.07, 6.45) is 0.890. The first kappa shape index (κ1) is 15.9. The fraction of sp³-hybridized carbons (Fsp3) is 0.833. The highest BCUT2D eigenvalue weighted by atomic mass is 16.2. The summed E-state index contributed by atoms with van der Waals surface area (Å²) in [6, 6.07) is 0. The van der Waals surface area contributed by atoms with Gasteiger partial charge < -0.3 is 16.0 Å².